The lowest BCUT2D eigenvalue weighted by molar-refractivity contribution is 0.282. The van der Waals surface area contributed by atoms with Crippen LogP contribution in [0.1, 0.15) is 25.3 Å². The van der Waals surface area contributed by atoms with Crippen molar-refractivity contribution in [2.75, 3.05) is 6.54 Å². The van der Waals surface area contributed by atoms with Gasteiger partial charge in [0.05, 0.1) is 0 Å². The Labute approximate surface area is 84.0 Å². The average Bonchev–Trinajstić information content (AvgIpc) is 2.88. The number of nitrogens with two attached hydrogens (primary N) is 1. The summed E-state index contributed by atoms with van der Waals surface area (Å²) in [4.78, 5) is 0. The summed E-state index contributed by atoms with van der Waals surface area (Å²) in [5.41, 5.74) is 7.69. The Hall–Kier alpha value is -0.340. The van der Waals surface area contributed by atoms with Crippen LogP contribution in [0, 0.1) is 11.3 Å². The molecular formula is C11H17NS. The van der Waals surface area contributed by atoms with Gasteiger partial charge >= 0.3 is 0 Å². The molecule has 1 nitrogen and oxygen atoms in total. The molecule has 0 amide bonds. The van der Waals surface area contributed by atoms with E-state index in [0.717, 1.165) is 18.9 Å². The van der Waals surface area contributed by atoms with Crippen molar-refractivity contribution in [1.82, 2.24) is 0 Å². The normalized spacial score (nSPS) is 21.4. The molecule has 0 radical (unpaired) electrons. The van der Waals surface area contributed by atoms with Crippen LogP contribution in [0.2, 0.25) is 0 Å². The second-order valence-electron chi connectivity index (χ2n) is 4.44. The van der Waals surface area contributed by atoms with Gasteiger partial charge in [-0.2, -0.15) is 11.3 Å². The standard InChI is InChI=1S/C11H17NS/c1-11(8-12,10-2-3-10)6-9-4-5-13-7-9/h4-5,7,10H,2-3,6,8,12H2,1H3. The summed E-state index contributed by atoms with van der Waals surface area (Å²) < 4.78 is 0. The predicted molar refractivity (Wildman–Crippen MR) is 57.9 cm³/mol. The highest BCUT2D eigenvalue weighted by atomic mass is 32.1. The monoisotopic (exact) mass is 195 g/mol. The highest BCUT2D eigenvalue weighted by Crippen LogP contribution is 2.46. The molecule has 1 atom stereocenters. The number of thiophene rings is 1. The highest BCUT2D eigenvalue weighted by molar-refractivity contribution is 7.07. The fourth-order valence-electron chi connectivity index (χ4n) is 2.02. The van der Waals surface area contributed by atoms with E-state index in [1.54, 1.807) is 11.3 Å². The fraction of sp³-hybridized carbons (Fsp3) is 0.636. The zero-order chi connectivity index (χ0) is 9.31. The fourth-order valence-corrected chi connectivity index (χ4v) is 2.69. The molecule has 1 unspecified atom stereocenters. The third-order valence-corrected chi connectivity index (χ3v) is 3.95. The summed E-state index contributed by atoms with van der Waals surface area (Å²) >= 11 is 1.78. The van der Waals surface area contributed by atoms with Gasteiger partial charge in [0, 0.05) is 0 Å². The first-order valence-corrected chi connectivity index (χ1v) is 5.90. The number of rotatable bonds is 4. The van der Waals surface area contributed by atoms with Gasteiger partial charge in [0.2, 0.25) is 0 Å². The molecule has 0 spiro atoms. The van der Waals surface area contributed by atoms with Crippen molar-refractivity contribution in [3.05, 3.63) is 22.4 Å². The summed E-state index contributed by atoms with van der Waals surface area (Å²) in [6.07, 6.45) is 3.94. The Morgan fingerprint density at radius 3 is 2.85 bits per heavy atom. The van der Waals surface area contributed by atoms with Gasteiger partial charge in [0.1, 0.15) is 0 Å². The van der Waals surface area contributed by atoms with Crippen molar-refractivity contribution in [3.8, 4) is 0 Å². The first kappa shape index (κ1) is 9.22. The summed E-state index contributed by atoms with van der Waals surface area (Å²) in [6, 6.07) is 2.22. The minimum atomic E-state index is 0.362. The third kappa shape index (κ3) is 1.94. The second-order valence-corrected chi connectivity index (χ2v) is 5.22. The van der Waals surface area contributed by atoms with Crippen molar-refractivity contribution < 1.29 is 0 Å². The van der Waals surface area contributed by atoms with Gasteiger partial charge in [-0.3, -0.25) is 0 Å². The lowest BCUT2D eigenvalue weighted by atomic mass is 9.80. The summed E-state index contributed by atoms with van der Waals surface area (Å²) in [6.45, 7) is 3.16. The van der Waals surface area contributed by atoms with Crippen LogP contribution < -0.4 is 5.73 Å². The van der Waals surface area contributed by atoms with E-state index in [1.165, 1.54) is 18.4 Å². The molecule has 0 saturated heterocycles. The van der Waals surface area contributed by atoms with Crippen LogP contribution in [0.3, 0.4) is 0 Å². The van der Waals surface area contributed by atoms with Crippen molar-refractivity contribution in [2.24, 2.45) is 17.1 Å². The van der Waals surface area contributed by atoms with Crippen LogP contribution in [0.4, 0.5) is 0 Å². The molecule has 1 aliphatic rings. The predicted octanol–water partition coefficient (Wildman–Crippen LogP) is 2.67. The van der Waals surface area contributed by atoms with Crippen LogP contribution in [0.25, 0.3) is 0 Å². The van der Waals surface area contributed by atoms with Gasteiger partial charge in [-0.05, 0) is 59.5 Å². The molecule has 1 aromatic rings. The molecule has 1 saturated carbocycles. The van der Waals surface area contributed by atoms with Gasteiger partial charge in [-0.15, -0.1) is 0 Å². The molecule has 13 heavy (non-hydrogen) atoms. The molecule has 2 heteroatoms. The Bertz CT molecular complexity index is 264. The molecule has 2 N–H and O–H groups in total. The average molecular weight is 195 g/mol. The molecule has 0 aliphatic heterocycles. The zero-order valence-corrected chi connectivity index (χ0v) is 8.94. The van der Waals surface area contributed by atoms with Crippen LogP contribution in [-0.4, -0.2) is 6.54 Å². The molecule has 1 heterocycles. The van der Waals surface area contributed by atoms with E-state index in [9.17, 15) is 0 Å². The van der Waals surface area contributed by atoms with E-state index >= 15 is 0 Å². The Kier molecular flexibility index (Phi) is 2.43. The molecule has 0 bridgehead atoms. The quantitative estimate of drug-likeness (QED) is 0.785. The van der Waals surface area contributed by atoms with Crippen LogP contribution in [-0.2, 0) is 6.42 Å². The lowest BCUT2D eigenvalue weighted by Crippen LogP contribution is -2.31. The molecule has 2 rings (SSSR count). The summed E-state index contributed by atoms with van der Waals surface area (Å²) in [5, 5.41) is 4.40. The SMILES string of the molecule is CC(CN)(Cc1ccsc1)C1CC1. The van der Waals surface area contributed by atoms with Crippen LogP contribution in [0.15, 0.2) is 16.8 Å². The smallest absolute Gasteiger partial charge is 0.00173 e. The molecule has 1 fully saturated rings. The third-order valence-electron chi connectivity index (χ3n) is 3.22. The number of hydrogen-bond acceptors (Lipinski definition) is 2. The van der Waals surface area contributed by atoms with Crippen molar-refractivity contribution in [3.63, 3.8) is 0 Å². The Balaban J connectivity index is 2.05. The maximum Gasteiger partial charge on any atom is -0.00173 e. The zero-order valence-electron chi connectivity index (χ0n) is 8.12. The first-order valence-electron chi connectivity index (χ1n) is 4.96. The molecular weight excluding hydrogens is 178 g/mol. The maximum absolute atomic E-state index is 5.87. The summed E-state index contributed by atoms with van der Waals surface area (Å²) in [7, 11) is 0. The maximum atomic E-state index is 5.87. The van der Waals surface area contributed by atoms with E-state index in [2.05, 4.69) is 23.8 Å². The van der Waals surface area contributed by atoms with Gasteiger partial charge in [0.25, 0.3) is 0 Å². The van der Waals surface area contributed by atoms with E-state index in [0.29, 0.717) is 5.41 Å². The molecule has 1 aromatic heterocycles. The van der Waals surface area contributed by atoms with Crippen molar-refractivity contribution >= 4 is 11.3 Å². The number of hydrogen-bond donors (Lipinski definition) is 1. The molecule has 0 aromatic carbocycles. The van der Waals surface area contributed by atoms with Crippen molar-refractivity contribution in [2.45, 2.75) is 26.2 Å². The molecule has 1 aliphatic carbocycles. The van der Waals surface area contributed by atoms with E-state index in [1.807, 2.05) is 0 Å². The topological polar surface area (TPSA) is 26.0 Å². The Morgan fingerprint density at radius 2 is 2.38 bits per heavy atom. The van der Waals surface area contributed by atoms with Crippen molar-refractivity contribution in [1.29, 1.82) is 0 Å². The van der Waals surface area contributed by atoms with Crippen LogP contribution >= 0.6 is 11.3 Å². The van der Waals surface area contributed by atoms with E-state index < -0.39 is 0 Å². The van der Waals surface area contributed by atoms with Gasteiger partial charge < -0.3 is 5.73 Å². The minimum Gasteiger partial charge on any atom is -0.330 e. The minimum absolute atomic E-state index is 0.362. The molecule has 72 valence electrons. The van der Waals surface area contributed by atoms with Gasteiger partial charge in [0.15, 0.2) is 0 Å². The van der Waals surface area contributed by atoms with Gasteiger partial charge in [-0.25, -0.2) is 0 Å². The summed E-state index contributed by atoms with van der Waals surface area (Å²) in [5.74, 6) is 0.886. The lowest BCUT2D eigenvalue weighted by Gasteiger charge is -2.27. The van der Waals surface area contributed by atoms with E-state index in [4.69, 9.17) is 5.73 Å². The van der Waals surface area contributed by atoms with Gasteiger partial charge in [-0.1, -0.05) is 6.92 Å². The Morgan fingerprint density at radius 1 is 1.62 bits per heavy atom. The first-order chi connectivity index (χ1) is 6.24. The second kappa shape index (κ2) is 3.43. The largest absolute Gasteiger partial charge is 0.330 e. The highest BCUT2D eigenvalue weighted by Gasteiger charge is 2.40. The van der Waals surface area contributed by atoms with E-state index in [-0.39, 0.29) is 0 Å². The van der Waals surface area contributed by atoms with Crippen LogP contribution in [0.5, 0.6) is 0 Å².